The van der Waals surface area contributed by atoms with Crippen molar-refractivity contribution in [2.45, 2.75) is 61.8 Å². The molecule has 10 heteroatoms. The minimum absolute atomic E-state index is 0.289. The summed E-state index contributed by atoms with van der Waals surface area (Å²) < 4.78 is 46.0. The second kappa shape index (κ2) is 8.85. The van der Waals surface area contributed by atoms with Crippen molar-refractivity contribution in [1.82, 2.24) is 10.2 Å². The molecule has 1 aromatic carbocycles. The minimum atomic E-state index is -4.75. The molecule has 1 fully saturated rings. The number of nitrogens with one attached hydrogen (secondary N) is 1. The van der Waals surface area contributed by atoms with Crippen LogP contribution in [-0.2, 0) is 4.79 Å². The molecule has 1 heterocycles. The van der Waals surface area contributed by atoms with Gasteiger partial charge in [-0.05, 0) is 44.0 Å². The Labute approximate surface area is 164 Å². The van der Waals surface area contributed by atoms with E-state index in [9.17, 15) is 18.0 Å². The van der Waals surface area contributed by atoms with Crippen LogP contribution in [-0.4, -0.2) is 27.7 Å². The number of hydrogen-bond acceptors (Lipinski definition) is 6. The number of alkyl halides is 3. The molecule has 1 saturated carbocycles. The van der Waals surface area contributed by atoms with Crippen LogP contribution >= 0.6 is 11.8 Å². The van der Waals surface area contributed by atoms with Crippen LogP contribution in [0.3, 0.4) is 0 Å². The number of carbonyl (C=O) groups is 1. The lowest BCUT2D eigenvalue weighted by Gasteiger charge is -2.17. The Bertz CT molecular complexity index is 789. The summed E-state index contributed by atoms with van der Waals surface area (Å²) in [5, 5.41) is 10.6. The van der Waals surface area contributed by atoms with E-state index in [2.05, 4.69) is 20.3 Å². The molecule has 0 aliphatic heterocycles. The monoisotopic (exact) mass is 415 g/mol. The molecule has 1 aliphatic carbocycles. The molecular formula is C18H20F3N3O3S. The van der Waals surface area contributed by atoms with Gasteiger partial charge in [0.2, 0.25) is 11.8 Å². The van der Waals surface area contributed by atoms with E-state index in [0.717, 1.165) is 49.6 Å². The van der Waals surface area contributed by atoms with E-state index < -0.39 is 11.6 Å². The summed E-state index contributed by atoms with van der Waals surface area (Å²) in [4.78, 5) is 12.3. The molecule has 1 atom stereocenters. The van der Waals surface area contributed by atoms with Crippen molar-refractivity contribution in [3.63, 3.8) is 0 Å². The Morgan fingerprint density at radius 3 is 2.54 bits per heavy atom. The van der Waals surface area contributed by atoms with Gasteiger partial charge in [-0.15, -0.1) is 23.4 Å². The van der Waals surface area contributed by atoms with Crippen LogP contribution in [0.5, 0.6) is 5.75 Å². The zero-order valence-corrected chi connectivity index (χ0v) is 16.0. The van der Waals surface area contributed by atoms with Crippen LogP contribution in [0.4, 0.5) is 18.9 Å². The fraction of sp³-hybridized carbons (Fsp3) is 0.500. The molecule has 0 radical (unpaired) electrons. The van der Waals surface area contributed by atoms with Crippen LogP contribution in [0.2, 0.25) is 0 Å². The third-order valence-electron chi connectivity index (χ3n) is 4.38. The van der Waals surface area contributed by atoms with Gasteiger partial charge in [0.1, 0.15) is 5.75 Å². The molecule has 0 saturated heterocycles. The summed E-state index contributed by atoms with van der Waals surface area (Å²) in [6.45, 7) is 1.69. The van der Waals surface area contributed by atoms with Crippen LogP contribution in [0.25, 0.3) is 0 Å². The molecule has 28 heavy (non-hydrogen) atoms. The third-order valence-corrected chi connectivity index (χ3v) is 5.31. The minimum Gasteiger partial charge on any atom is -0.416 e. The summed E-state index contributed by atoms with van der Waals surface area (Å²) in [6, 6.07) is 4.94. The molecule has 2 aromatic rings. The first-order valence-electron chi connectivity index (χ1n) is 8.97. The maximum absolute atomic E-state index is 12.3. The van der Waals surface area contributed by atoms with Gasteiger partial charge < -0.3 is 14.5 Å². The normalized spacial score (nSPS) is 16.6. The van der Waals surface area contributed by atoms with Gasteiger partial charge >= 0.3 is 6.36 Å². The number of benzene rings is 1. The number of aromatic nitrogens is 2. The molecule has 3 rings (SSSR count). The largest absolute Gasteiger partial charge is 0.573 e. The average molecular weight is 415 g/mol. The van der Waals surface area contributed by atoms with E-state index >= 15 is 0 Å². The highest BCUT2D eigenvalue weighted by atomic mass is 32.2. The van der Waals surface area contributed by atoms with Gasteiger partial charge in [0.25, 0.3) is 5.22 Å². The molecule has 0 bridgehead atoms. The number of thioether (sulfide) groups is 1. The number of ether oxygens (including phenoxy) is 1. The number of carbonyl (C=O) groups excluding carboxylic acids is 1. The van der Waals surface area contributed by atoms with Gasteiger partial charge in [-0.25, -0.2) is 0 Å². The Morgan fingerprint density at radius 2 is 1.89 bits per heavy atom. The molecule has 1 aromatic heterocycles. The fourth-order valence-electron chi connectivity index (χ4n) is 2.97. The van der Waals surface area contributed by atoms with Crippen molar-refractivity contribution in [2.75, 3.05) is 5.32 Å². The smallest absolute Gasteiger partial charge is 0.416 e. The molecule has 1 N–H and O–H groups in total. The van der Waals surface area contributed by atoms with Crippen molar-refractivity contribution in [3.8, 4) is 5.75 Å². The first-order valence-corrected chi connectivity index (χ1v) is 9.85. The highest BCUT2D eigenvalue weighted by Crippen LogP contribution is 2.33. The summed E-state index contributed by atoms with van der Waals surface area (Å²) in [5.74, 6) is 0.230. The SMILES string of the molecule is C[C@@H](Sc1nnc(C2CCCCC2)o1)C(=O)Nc1ccc(OC(F)(F)F)cc1. The summed E-state index contributed by atoms with van der Waals surface area (Å²) in [6.07, 6.45) is 0.859. The number of amides is 1. The molecule has 0 unspecified atom stereocenters. The zero-order chi connectivity index (χ0) is 20.1. The van der Waals surface area contributed by atoms with E-state index in [4.69, 9.17) is 4.42 Å². The van der Waals surface area contributed by atoms with Crippen LogP contribution < -0.4 is 10.1 Å². The maximum Gasteiger partial charge on any atom is 0.573 e. The maximum atomic E-state index is 12.3. The Hall–Kier alpha value is -2.23. The topological polar surface area (TPSA) is 77.2 Å². The zero-order valence-electron chi connectivity index (χ0n) is 15.2. The standard InChI is InChI=1S/C18H20F3N3O3S/c1-11(28-17-24-23-16(26-17)12-5-3-2-4-6-12)15(25)22-13-7-9-14(10-8-13)27-18(19,20)21/h7-12H,2-6H2,1H3,(H,22,25)/t11-/m1/s1. The van der Waals surface area contributed by atoms with E-state index in [-0.39, 0.29) is 17.6 Å². The summed E-state index contributed by atoms with van der Waals surface area (Å²) in [5.41, 5.74) is 0.361. The molecule has 6 nitrogen and oxygen atoms in total. The van der Waals surface area contributed by atoms with Crippen molar-refractivity contribution >= 4 is 23.4 Å². The number of anilines is 1. The lowest BCUT2D eigenvalue weighted by atomic mass is 9.89. The highest BCUT2D eigenvalue weighted by molar-refractivity contribution is 8.00. The molecule has 1 amide bonds. The van der Waals surface area contributed by atoms with Gasteiger partial charge in [0, 0.05) is 11.6 Å². The summed E-state index contributed by atoms with van der Waals surface area (Å²) >= 11 is 1.14. The lowest BCUT2D eigenvalue weighted by Crippen LogP contribution is -2.22. The molecule has 0 spiro atoms. The number of rotatable bonds is 6. The van der Waals surface area contributed by atoms with Gasteiger partial charge in [0.15, 0.2) is 0 Å². The Balaban J connectivity index is 1.52. The van der Waals surface area contributed by atoms with Gasteiger partial charge in [-0.3, -0.25) is 4.79 Å². The predicted octanol–water partition coefficient (Wildman–Crippen LogP) is 5.14. The van der Waals surface area contributed by atoms with Crippen molar-refractivity contribution in [2.24, 2.45) is 0 Å². The molecule has 152 valence electrons. The number of nitrogens with zero attached hydrogens (tertiary/aromatic N) is 2. The first-order chi connectivity index (χ1) is 13.3. The van der Waals surface area contributed by atoms with Crippen molar-refractivity contribution in [1.29, 1.82) is 0 Å². The van der Waals surface area contributed by atoms with Crippen molar-refractivity contribution in [3.05, 3.63) is 30.2 Å². The van der Waals surface area contributed by atoms with Crippen LogP contribution in [0.15, 0.2) is 33.9 Å². The van der Waals surface area contributed by atoms with E-state index in [0.29, 0.717) is 16.8 Å². The molecular weight excluding hydrogens is 395 g/mol. The number of hydrogen-bond donors (Lipinski definition) is 1. The number of halogens is 3. The van der Waals surface area contributed by atoms with E-state index in [1.807, 2.05) is 0 Å². The second-order valence-corrected chi connectivity index (χ2v) is 7.85. The third kappa shape index (κ3) is 5.88. The quantitative estimate of drug-likeness (QED) is 0.659. The Morgan fingerprint density at radius 1 is 1.21 bits per heavy atom. The van der Waals surface area contributed by atoms with E-state index in [1.54, 1.807) is 6.92 Å². The van der Waals surface area contributed by atoms with E-state index in [1.165, 1.54) is 18.6 Å². The first kappa shape index (κ1) is 20.5. The highest BCUT2D eigenvalue weighted by Gasteiger charge is 2.31. The Kier molecular flexibility index (Phi) is 6.48. The van der Waals surface area contributed by atoms with Crippen LogP contribution in [0, 0.1) is 0 Å². The second-order valence-electron chi connectivity index (χ2n) is 6.56. The van der Waals surface area contributed by atoms with Crippen molar-refractivity contribution < 1.29 is 27.1 Å². The van der Waals surface area contributed by atoms with Gasteiger partial charge in [0.05, 0.1) is 5.25 Å². The molecule has 1 aliphatic rings. The fourth-order valence-corrected chi connectivity index (χ4v) is 3.66. The van der Waals surface area contributed by atoms with Crippen LogP contribution in [0.1, 0.15) is 50.8 Å². The lowest BCUT2D eigenvalue weighted by molar-refractivity contribution is -0.274. The van der Waals surface area contributed by atoms with Gasteiger partial charge in [-0.1, -0.05) is 31.0 Å². The predicted molar refractivity (Wildman–Crippen MR) is 97.2 cm³/mol. The average Bonchev–Trinajstić information content (AvgIpc) is 3.11. The van der Waals surface area contributed by atoms with Gasteiger partial charge in [-0.2, -0.15) is 0 Å². The summed E-state index contributed by atoms with van der Waals surface area (Å²) in [7, 11) is 0.